The van der Waals surface area contributed by atoms with Crippen LogP contribution < -0.4 is 15.1 Å². The zero-order chi connectivity index (χ0) is 25.7. The van der Waals surface area contributed by atoms with Crippen molar-refractivity contribution in [2.24, 2.45) is 5.92 Å². The molecule has 37 heavy (non-hydrogen) atoms. The van der Waals surface area contributed by atoms with Crippen molar-refractivity contribution in [1.29, 1.82) is 0 Å². The van der Waals surface area contributed by atoms with Crippen molar-refractivity contribution < 1.29 is 18.8 Å². The second-order valence-corrected chi connectivity index (χ2v) is 11.6. The highest BCUT2D eigenvalue weighted by Gasteiger charge is 2.57. The van der Waals surface area contributed by atoms with E-state index in [1.54, 1.807) is 60.7 Å². The number of aromatic nitrogens is 1. The van der Waals surface area contributed by atoms with Crippen LogP contribution in [0, 0.1) is 5.92 Å². The Hall–Kier alpha value is -3.41. The molecule has 0 bridgehead atoms. The summed E-state index contributed by atoms with van der Waals surface area (Å²) in [6, 6.07) is 19.4. The number of rotatable bonds is 5. The molecular weight excluding hydrogens is 578 g/mol. The van der Waals surface area contributed by atoms with Crippen molar-refractivity contribution in [3.8, 4) is 0 Å². The fraction of sp³-hybridized carbons (Fsp3) is 0.154. The number of hydrogen-bond donors (Lipinski definition) is 1. The molecule has 1 fully saturated rings. The fourth-order valence-electron chi connectivity index (χ4n) is 4.74. The molecule has 1 N–H and O–H groups in total. The predicted molar refractivity (Wildman–Crippen MR) is 144 cm³/mol. The minimum Gasteiger partial charge on any atom is -0.469 e. The van der Waals surface area contributed by atoms with Crippen LogP contribution in [0.3, 0.4) is 0 Å². The van der Waals surface area contributed by atoms with Gasteiger partial charge in [-0.3, -0.25) is 23.7 Å². The van der Waals surface area contributed by atoms with Gasteiger partial charge in [-0.2, -0.15) is 0 Å². The number of benzene rings is 2. The van der Waals surface area contributed by atoms with Gasteiger partial charge in [0.2, 0.25) is 17.7 Å². The smallest absolute Gasteiger partial charge is 0.308 e. The Balaban J connectivity index is 1.39. The summed E-state index contributed by atoms with van der Waals surface area (Å²) >= 11 is 5.53. The lowest BCUT2D eigenvalue weighted by atomic mass is 9.87. The minimum atomic E-state index is -0.767. The first kappa shape index (κ1) is 24.0. The molecule has 8 nitrogen and oxygen atoms in total. The van der Waals surface area contributed by atoms with Crippen LogP contribution in [0.15, 0.2) is 91.7 Å². The molecule has 186 valence electrons. The van der Waals surface area contributed by atoms with Crippen LogP contribution >= 0.6 is 39.0 Å². The van der Waals surface area contributed by atoms with E-state index >= 15 is 0 Å². The third-order valence-corrected chi connectivity index (χ3v) is 9.48. The van der Waals surface area contributed by atoms with Crippen LogP contribution in [0.25, 0.3) is 0 Å². The highest BCUT2D eigenvalue weighted by Crippen LogP contribution is 2.53. The quantitative estimate of drug-likeness (QED) is 0.336. The molecule has 6 rings (SSSR count). The number of carbonyl (C=O) groups excluding carboxylic acids is 3. The summed E-state index contributed by atoms with van der Waals surface area (Å²) in [5.41, 5.74) is 1.10. The minimum absolute atomic E-state index is 0.215. The Bertz CT molecular complexity index is 1560. The number of carbonyl (C=O) groups is 3. The van der Waals surface area contributed by atoms with Gasteiger partial charge in [0.25, 0.3) is 0 Å². The van der Waals surface area contributed by atoms with E-state index in [4.69, 9.17) is 4.42 Å². The average molecular weight is 596 g/mol. The number of hydrogen-bond acceptors (Lipinski definition) is 7. The number of amides is 3. The molecule has 0 radical (unpaired) electrons. The second-order valence-electron chi connectivity index (χ2n) is 8.58. The van der Waals surface area contributed by atoms with Gasteiger partial charge in [-0.05, 0) is 48.5 Å². The van der Waals surface area contributed by atoms with E-state index in [0.29, 0.717) is 27.0 Å². The lowest BCUT2D eigenvalue weighted by Gasteiger charge is -2.29. The Kier molecular flexibility index (Phi) is 6.13. The number of halogens is 1. The number of nitrogens with zero attached hydrogens (tertiary/aromatic N) is 2. The van der Waals surface area contributed by atoms with Crippen molar-refractivity contribution in [1.82, 2.24) is 4.57 Å². The first-order valence-corrected chi connectivity index (χ1v) is 13.8. The van der Waals surface area contributed by atoms with E-state index in [1.807, 2.05) is 6.07 Å². The maximum atomic E-state index is 13.7. The van der Waals surface area contributed by atoms with Gasteiger partial charge in [0, 0.05) is 10.2 Å². The highest BCUT2D eigenvalue weighted by atomic mass is 79.9. The summed E-state index contributed by atoms with van der Waals surface area (Å²) in [4.78, 5) is 54.7. The largest absolute Gasteiger partial charge is 0.469 e. The van der Waals surface area contributed by atoms with Crippen molar-refractivity contribution in [3.05, 3.63) is 97.8 Å². The van der Waals surface area contributed by atoms with Crippen LogP contribution in [0.5, 0.6) is 0 Å². The molecule has 0 aliphatic carbocycles. The number of thiazole rings is 1. The zero-order valence-corrected chi connectivity index (χ0v) is 22.2. The number of para-hydroxylation sites is 1. The summed E-state index contributed by atoms with van der Waals surface area (Å²) in [6.45, 7) is -0.215. The molecule has 1 saturated heterocycles. The van der Waals surface area contributed by atoms with E-state index in [-0.39, 0.29) is 29.1 Å². The Morgan fingerprint density at radius 1 is 0.973 bits per heavy atom. The van der Waals surface area contributed by atoms with Crippen molar-refractivity contribution in [3.63, 3.8) is 0 Å². The molecule has 0 saturated carbocycles. The SMILES string of the molecule is O=C(Cn1c2c(sc1=O)[C@@H](c1ccco1)[C@@H]1C(=O)N(c3ccc(Br)cc3)C(=O)[C@@H]1S2)Nc1ccccc1. The van der Waals surface area contributed by atoms with E-state index in [9.17, 15) is 19.2 Å². The second kappa shape index (κ2) is 9.47. The molecule has 0 unspecified atom stereocenters. The maximum absolute atomic E-state index is 13.7. The lowest BCUT2D eigenvalue weighted by molar-refractivity contribution is -0.122. The van der Waals surface area contributed by atoms with Crippen LogP contribution in [0.1, 0.15) is 16.6 Å². The molecular formula is C26H18BrN3O5S2. The number of thioether (sulfide) groups is 1. The molecule has 2 aromatic heterocycles. The Morgan fingerprint density at radius 2 is 1.73 bits per heavy atom. The van der Waals surface area contributed by atoms with Crippen LogP contribution in [-0.2, 0) is 20.9 Å². The molecule has 3 atom stereocenters. The van der Waals surface area contributed by atoms with Crippen molar-refractivity contribution >= 4 is 68.1 Å². The number of imide groups is 1. The molecule has 4 heterocycles. The number of anilines is 2. The van der Waals surface area contributed by atoms with Gasteiger partial charge < -0.3 is 9.73 Å². The summed E-state index contributed by atoms with van der Waals surface area (Å²) in [5.74, 6) is -1.93. The number of nitrogens with one attached hydrogen (secondary N) is 1. The first-order chi connectivity index (χ1) is 17.9. The summed E-state index contributed by atoms with van der Waals surface area (Å²) in [7, 11) is 0. The third-order valence-electron chi connectivity index (χ3n) is 6.34. The van der Waals surface area contributed by atoms with Crippen LogP contribution in [0.2, 0.25) is 0 Å². The average Bonchev–Trinajstić information content (AvgIpc) is 3.58. The van der Waals surface area contributed by atoms with E-state index in [0.717, 1.165) is 15.8 Å². The standard InChI is InChI=1S/C26H18BrN3O5S2/c27-14-8-10-16(11-9-14)30-23(32)20-19(17-7-4-12-35-17)22-25(36-21(20)24(30)33)29(26(34)37-22)13-18(31)28-15-5-2-1-3-6-15/h1-12,19-21H,13H2,(H,28,31)/t19-,20-,21+/m0/s1. The van der Waals surface area contributed by atoms with E-state index < -0.39 is 17.1 Å². The van der Waals surface area contributed by atoms with Gasteiger partial charge in [-0.25, -0.2) is 4.90 Å². The van der Waals surface area contributed by atoms with Crippen molar-refractivity contribution in [2.45, 2.75) is 22.7 Å². The number of furan rings is 1. The summed E-state index contributed by atoms with van der Waals surface area (Å²) in [5, 5.41) is 2.54. The topological polar surface area (TPSA) is 102 Å². The number of fused-ring (bicyclic) bond motifs is 2. The zero-order valence-electron chi connectivity index (χ0n) is 19.0. The maximum Gasteiger partial charge on any atom is 0.308 e. The Morgan fingerprint density at radius 3 is 2.43 bits per heavy atom. The van der Waals surface area contributed by atoms with E-state index in [1.165, 1.54) is 27.5 Å². The van der Waals surface area contributed by atoms with Crippen LogP contribution in [-0.4, -0.2) is 27.5 Å². The summed E-state index contributed by atoms with van der Waals surface area (Å²) < 4.78 is 7.92. The van der Waals surface area contributed by atoms with Gasteiger partial charge in [-0.1, -0.05) is 57.2 Å². The predicted octanol–water partition coefficient (Wildman–Crippen LogP) is 4.70. The molecule has 2 aliphatic heterocycles. The van der Waals surface area contributed by atoms with Gasteiger partial charge in [-0.15, -0.1) is 0 Å². The van der Waals surface area contributed by atoms with E-state index in [2.05, 4.69) is 21.2 Å². The molecule has 11 heteroatoms. The molecule has 0 spiro atoms. The molecule has 2 aromatic carbocycles. The first-order valence-electron chi connectivity index (χ1n) is 11.3. The molecule has 4 aromatic rings. The normalized spacial score (nSPS) is 20.6. The Labute approximate surface area is 227 Å². The fourth-order valence-corrected chi connectivity index (χ4v) is 7.76. The highest BCUT2D eigenvalue weighted by molar-refractivity contribution is 9.10. The lowest BCUT2D eigenvalue weighted by Crippen LogP contribution is -2.32. The van der Waals surface area contributed by atoms with Gasteiger partial charge in [0.15, 0.2) is 0 Å². The van der Waals surface area contributed by atoms with Gasteiger partial charge >= 0.3 is 4.87 Å². The third kappa shape index (κ3) is 4.16. The monoisotopic (exact) mass is 595 g/mol. The van der Waals surface area contributed by atoms with Crippen LogP contribution in [0.4, 0.5) is 11.4 Å². The molecule has 3 amide bonds. The van der Waals surface area contributed by atoms with Crippen molar-refractivity contribution in [2.75, 3.05) is 10.2 Å². The molecule has 2 aliphatic rings. The summed E-state index contributed by atoms with van der Waals surface area (Å²) in [6.07, 6.45) is 1.51. The van der Waals surface area contributed by atoms with Gasteiger partial charge in [0.1, 0.15) is 17.6 Å². The van der Waals surface area contributed by atoms with Gasteiger partial charge in [0.05, 0.1) is 33.7 Å².